The van der Waals surface area contributed by atoms with Crippen molar-refractivity contribution in [3.63, 3.8) is 0 Å². The fourth-order valence-electron chi connectivity index (χ4n) is 1.36. The number of hydrogen-bond acceptors (Lipinski definition) is 3. The Kier molecular flexibility index (Phi) is 5.28. The topological polar surface area (TPSA) is 58.7 Å². The van der Waals surface area contributed by atoms with Gasteiger partial charge in [0.1, 0.15) is 11.6 Å². The fraction of sp³-hybridized carbons (Fsp3) is 0.231. The van der Waals surface area contributed by atoms with Crippen LogP contribution in [0.2, 0.25) is 0 Å². The molecule has 1 atom stereocenters. The van der Waals surface area contributed by atoms with Gasteiger partial charge in [-0.25, -0.2) is 4.68 Å². The van der Waals surface area contributed by atoms with Gasteiger partial charge in [-0.2, -0.15) is 10.4 Å². The van der Waals surface area contributed by atoms with E-state index in [0.29, 0.717) is 10.6 Å². The smallest absolute Gasteiger partial charge is 0.167 e. The lowest BCUT2D eigenvalue weighted by molar-refractivity contribution is 0.681. The van der Waals surface area contributed by atoms with Crippen LogP contribution in [0.4, 0.5) is 0 Å². The molecule has 1 aromatic carbocycles. The fourth-order valence-corrected chi connectivity index (χ4v) is 1.97. The van der Waals surface area contributed by atoms with Gasteiger partial charge in [0.05, 0.1) is 16.5 Å². The number of para-hydroxylation sites is 1. The molecule has 2 aromatic rings. The van der Waals surface area contributed by atoms with Gasteiger partial charge in [0.25, 0.3) is 0 Å². The molecule has 1 unspecified atom stereocenters. The summed E-state index contributed by atoms with van der Waals surface area (Å²) >= 11 is 0. The van der Waals surface area contributed by atoms with Crippen molar-refractivity contribution in [3.8, 4) is 11.8 Å². The van der Waals surface area contributed by atoms with Gasteiger partial charge in [0.2, 0.25) is 0 Å². The predicted octanol–water partition coefficient (Wildman–Crippen LogP) is 2.51. The van der Waals surface area contributed by atoms with Crippen LogP contribution in [0.3, 0.4) is 0 Å². The van der Waals surface area contributed by atoms with Crippen LogP contribution in [-0.2, 0) is 10.8 Å². The minimum absolute atomic E-state index is 0.325. The highest BCUT2D eigenvalue weighted by Crippen LogP contribution is 2.13. The van der Waals surface area contributed by atoms with Gasteiger partial charge < -0.3 is 0 Å². The molecular weight excluding hydrogens is 246 g/mol. The van der Waals surface area contributed by atoms with Crippen molar-refractivity contribution in [1.29, 1.82) is 5.26 Å². The predicted molar refractivity (Wildman–Crippen MR) is 72.0 cm³/mol. The first-order chi connectivity index (χ1) is 8.72. The molecule has 0 amide bonds. The second-order valence-corrected chi connectivity index (χ2v) is 4.49. The molecule has 5 heteroatoms. The maximum Gasteiger partial charge on any atom is 0.167 e. The summed E-state index contributed by atoms with van der Waals surface area (Å²) in [6, 6.07) is 11.4. The van der Waals surface area contributed by atoms with Crippen LogP contribution in [0.25, 0.3) is 5.69 Å². The van der Waals surface area contributed by atoms with Gasteiger partial charge >= 0.3 is 0 Å². The number of nitriles is 1. The summed E-state index contributed by atoms with van der Waals surface area (Å²) < 4.78 is 12.9. The lowest BCUT2D eigenvalue weighted by Gasteiger charge is -1.98. The van der Waals surface area contributed by atoms with Gasteiger partial charge in [-0.15, -0.1) is 0 Å². The van der Waals surface area contributed by atoms with E-state index in [1.807, 2.05) is 50.2 Å². The minimum Gasteiger partial charge on any atom is -0.253 e. The molecule has 0 fully saturated rings. The Labute approximate surface area is 109 Å². The van der Waals surface area contributed by atoms with Crippen LogP contribution in [-0.4, -0.2) is 20.2 Å². The minimum atomic E-state index is -1.25. The highest BCUT2D eigenvalue weighted by Gasteiger charge is 2.12. The molecule has 0 saturated carbocycles. The van der Waals surface area contributed by atoms with Gasteiger partial charge in [-0.1, -0.05) is 32.0 Å². The second kappa shape index (κ2) is 6.72. The van der Waals surface area contributed by atoms with Crippen molar-refractivity contribution in [1.82, 2.24) is 9.78 Å². The Bertz CT molecular complexity index is 570. The van der Waals surface area contributed by atoms with Crippen molar-refractivity contribution < 1.29 is 4.21 Å². The number of nitrogens with zero attached hydrogens (tertiary/aromatic N) is 3. The summed E-state index contributed by atoms with van der Waals surface area (Å²) in [7, 11) is -1.25. The molecule has 18 heavy (non-hydrogen) atoms. The number of rotatable bonds is 2. The van der Waals surface area contributed by atoms with E-state index in [4.69, 9.17) is 5.26 Å². The summed E-state index contributed by atoms with van der Waals surface area (Å²) in [6.45, 7) is 4.00. The van der Waals surface area contributed by atoms with Crippen LogP contribution >= 0.6 is 0 Å². The second-order valence-electron chi connectivity index (χ2n) is 3.19. The average Bonchev–Trinajstić information content (AvgIpc) is 2.86. The maximum absolute atomic E-state index is 11.4. The molecule has 4 nitrogen and oxygen atoms in total. The molecule has 94 valence electrons. The van der Waals surface area contributed by atoms with Crippen LogP contribution in [0.1, 0.15) is 19.4 Å². The largest absolute Gasteiger partial charge is 0.253 e. The van der Waals surface area contributed by atoms with Crippen molar-refractivity contribution in [3.05, 3.63) is 42.1 Å². The van der Waals surface area contributed by atoms with Crippen LogP contribution < -0.4 is 0 Å². The summed E-state index contributed by atoms with van der Waals surface area (Å²) in [4.78, 5) is 0. The summed E-state index contributed by atoms with van der Waals surface area (Å²) in [5.41, 5.74) is 1.19. The first-order valence-corrected chi connectivity index (χ1v) is 7.17. The maximum atomic E-state index is 11.4. The van der Waals surface area contributed by atoms with Crippen molar-refractivity contribution in [2.45, 2.75) is 18.9 Å². The van der Waals surface area contributed by atoms with Crippen LogP contribution in [0, 0.1) is 11.3 Å². The van der Waals surface area contributed by atoms with E-state index < -0.39 is 10.8 Å². The van der Waals surface area contributed by atoms with Crippen molar-refractivity contribution >= 4 is 10.8 Å². The number of hydrogen-bond donors (Lipinski definition) is 0. The molecule has 0 N–H and O–H groups in total. The third-order valence-corrected chi connectivity index (χ3v) is 2.94. The highest BCUT2D eigenvalue weighted by molar-refractivity contribution is 7.84. The van der Waals surface area contributed by atoms with E-state index in [9.17, 15) is 4.21 Å². The Morgan fingerprint density at radius 3 is 2.33 bits per heavy atom. The molecule has 0 saturated heterocycles. The van der Waals surface area contributed by atoms with E-state index in [1.54, 1.807) is 10.9 Å². The van der Waals surface area contributed by atoms with E-state index in [-0.39, 0.29) is 0 Å². The third-order valence-electron chi connectivity index (χ3n) is 2.09. The average molecular weight is 261 g/mol. The summed E-state index contributed by atoms with van der Waals surface area (Å²) in [5.74, 6) is 0. The quantitative estimate of drug-likeness (QED) is 0.834. The zero-order valence-corrected chi connectivity index (χ0v) is 11.4. The molecule has 0 aliphatic heterocycles. The molecule has 0 bridgehead atoms. The molecule has 0 aliphatic rings. The van der Waals surface area contributed by atoms with Crippen LogP contribution in [0.15, 0.2) is 41.6 Å². The Morgan fingerprint density at radius 1 is 1.28 bits per heavy atom. The Morgan fingerprint density at radius 2 is 1.89 bits per heavy atom. The molecular formula is C13H15N3OS. The van der Waals surface area contributed by atoms with Gasteiger partial charge in [0.15, 0.2) is 5.03 Å². The summed E-state index contributed by atoms with van der Waals surface area (Å²) in [6.07, 6.45) is 3.10. The zero-order valence-electron chi connectivity index (χ0n) is 10.6. The van der Waals surface area contributed by atoms with E-state index in [2.05, 4.69) is 5.10 Å². The molecule has 0 spiro atoms. The normalized spacial score (nSPS) is 11.0. The van der Waals surface area contributed by atoms with Crippen molar-refractivity contribution in [2.75, 3.05) is 6.26 Å². The van der Waals surface area contributed by atoms with Gasteiger partial charge in [-0.3, -0.25) is 4.21 Å². The molecule has 0 radical (unpaired) electrons. The first-order valence-electron chi connectivity index (χ1n) is 5.61. The van der Waals surface area contributed by atoms with Gasteiger partial charge in [0, 0.05) is 12.5 Å². The highest BCUT2D eigenvalue weighted by atomic mass is 32.2. The lowest BCUT2D eigenvalue weighted by Crippen LogP contribution is -1.96. The monoisotopic (exact) mass is 261 g/mol. The number of aromatic nitrogens is 2. The SMILES string of the molecule is CC.CS(=O)c1nn(-c2ccccc2)cc1C#N. The first kappa shape index (κ1) is 14.1. The number of benzene rings is 1. The Hall–Kier alpha value is -1.93. The lowest BCUT2D eigenvalue weighted by atomic mass is 10.3. The van der Waals surface area contributed by atoms with Crippen molar-refractivity contribution in [2.24, 2.45) is 0 Å². The van der Waals surface area contributed by atoms with E-state index >= 15 is 0 Å². The molecule has 0 aliphatic carbocycles. The molecule has 2 rings (SSSR count). The van der Waals surface area contributed by atoms with E-state index in [1.165, 1.54) is 6.26 Å². The Balaban J connectivity index is 0.000000771. The third kappa shape index (κ3) is 3.05. The molecule has 1 aromatic heterocycles. The zero-order chi connectivity index (χ0) is 13.5. The molecule has 1 heterocycles. The van der Waals surface area contributed by atoms with Crippen LogP contribution in [0.5, 0.6) is 0 Å². The van der Waals surface area contributed by atoms with Gasteiger partial charge in [-0.05, 0) is 12.1 Å². The summed E-state index contributed by atoms with van der Waals surface area (Å²) in [5, 5.41) is 13.4. The standard InChI is InChI=1S/C11H9N3OS.C2H6/c1-16(15)11-9(7-12)8-14(13-11)10-5-3-2-4-6-10;1-2/h2-6,8H,1H3;1-2H3. The van der Waals surface area contributed by atoms with E-state index in [0.717, 1.165) is 5.69 Å².